The minimum atomic E-state index is -0.0351. The Balaban J connectivity index is 2.12. The van der Waals surface area contributed by atoms with Crippen LogP contribution in [0.4, 0.5) is 0 Å². The molecule has 2 nitrogen and oxygen atoms in total. The molecule has 96 valence electrons. The molecule has 0 N–H and O–H groups in total. The van der Waals surface area contributed by atoms with Crippen molar-refractivity contribution >= 4 is 33.0 Å². The third-order valence-electron chi connectivity index (χ3n) is 3.69. The van der Waals surface area contributed by atoms with Gasteiger partial charge in [-0.15, -0.1) is 11.3 Å². The minimum Gasteiger partial charge on any atom is -0.289 e. The van der Waals surface area contributed by atoms with Gasteiger partial charge < -0.3 is 0 Å². The molecule has 0 saturated carbocycles. The molecule has 3 heteroatoms. The van der Waals surface area contributed by atoms with E-state index >= 15 is 0 Å². The Morgan fingerprint density at radius 2 is 1.60 bits per heavy atom. The SMILES string of the molecule is Cc1ccc2sc3c(c2c1)C(=O)c1ccccc1C3=O. The number of hydrogen-bond donors (Lipinski definition) is 0. The van der Waals surface area contributed by atoms with Gasteiger partial charge in [-0.2, -0.15) is 0 Å². The van der Waals surface area contributed by atoms with Gasteiger partial charge in [-0.25, -0.2) is 0 Å². The van der Waals surface area contributed by atoms with E-state index in [1.54, 1.807) is 24.3 Å². The Bertz CT molecular complexity index is 902. The van der Waals surface area contributed by atoms with E-state index in [4.69, 9.17) is 0 Å². The predicted molar refractivity (Wildman–Crippen MR) is 79.9 cm³/mol. The molecule has 4 rings (SSSR count). The van der Waals surface area contributed by atoms with Crippen LogP contribution < -0.4 is 0 Å². The van der Waals surface area contributed by atoms with Crippen molar-refractivity contribution in [3.05, 3.63) is 69.6 Å². The summed E-state index contributed by atoms with van der Waals surface area (Å²) in [5.41, 5.74) is 2.72. The molecule has 1 aromatic heterocycles. The van der Waals surface area contributed by atoms with Crippen LogP contribution in [0.1, 0.15) is 36.7 Å². The number of aryl methyl sites for hydroxylation is 1. The van der Waals surface area contributed by atoms with E-state index in [2.05, 4.69) is 0 Å². The summed E-state index contributed by atoms with van der Waals surface area (Å²) in [6, 6.07) is 13.0. The lowest BCUT2D eigenvalue weighted by Gasteiger charge is -2.13. The van der Waals surface area contributed by atoms with E-state index in [1.165, 1.54) is 11.3 Å². The largest absolute Gasteiger partial charge is 0.289 e. The molecule has 0 saturated heterocycles. The number of fused-ring (bicyclic) bond motifs is 4. The second-order valence-corrected chi connectivity index (χ2v) is 6.06. The molecular weight excluding hydrogens is 268 g/mol. The molecule has 3 aromatic rings. The summed E-state index contributed by atoms with van der Waals surface area (Å²) in [4.78, 5) is 25.8. The topological polar surface area (TPSA) is 34.1 Å². The smallest absolute Gasteiger partial charge is 0.204 e. The first-order valence-electron chi connectivity index (χ1n) is 6.38. The van der Waals surface area contributed by atoms with Crippen LogP contribution in [0.2, 0.25) is 0 Å². The first kappa shape index (κ1) is 11.6. The lowest BCUT2D eigenvalue weighted by molar-refractivity contribution is 0.0983. The van der Waals surface area contributed by atoms with E-state index < -0.39 is 0 Å². The number of ketones is 2. The Hall–Kier alpha value is -2.26. The van der Waals surface area contributed by atoms with Crippen molar-refractivity contribution in [3.8, 4) is 0 Å². The average molecular weight is 278 g/mol. The van der Waals surface area contributed by atoms with Gasteiger partial charge in [0, 0.05) is 21.2 Å². The van der Waals surface area contributed by atoms with Gasteiger partial charge in [0.05, 0.1) is 10.4 Å². The predicted octanol–water partition coefficient (Wildman–Crippen LogP) is 3.99. The molecule has 0 atom stereocenters. The summed E-state index contributed by atoms with van der Waals surface area (Å²) < 4.78 is 0.995. The van der Waals surface area contributed by atoms with Gasteiger partial charge in [-0.05, 0) is 19.1 Å². The fourth-order valence-corrected chi connectivity index (χ4v) is 3.87. The second kappa shape index (κ2) is 3.87. The Kier molecular flexibility index (Phi) is 2.24. The molecule has 0 radical (unpaired) electrons. The lowest BCUT2D eigenvalue weighted by atomic mass is 9.87. The van der Waals surface area contributed by atoms with Crippen LogP contribution in [0, 0.1) is 6.92 Å². The van der Waals surface area contributed by atoms with E-state index in [0.717, 1.165) is 15.6 Å². The van der Waals surface area contributed by atoms with Gasteiger partial charge in [-0.3, -0.25) is 9.59 Å². The first-order chi connectivity index (χ1) is 9.66. The van der Waals surface area contributed by atoms with Crippen LogP contribution in [0.3, 0.4) is 0 Å². The minimum absolute atomic E-state index is 0.0333. The fourth-order valence-electron chi connectivity index (χ4n) is 2.73. The Morgan fingerprint density at radius 3 is 2.35 bits per heavy atom. The summed E-state index contributed by atoms with van der Waals surface area (Å²) in [5.74, 6) is -0.0684. The molecule has 0 aliphatic heterocycles. The lowest BCUT2D eigenvalue weighted by Crippen LogP contribution is -2.18. The summed E-state index contributed by atoms with van der Waals surface area (Å²) in [5, 5.41) is 0.901. The second-order valence-electron chi connectivity index (χ2n) is 5.01. The van der Waals surface area contributed by atoms with Crippen LogP contribution in [0.15, 0.2) is 42.5 Å². The highest BCUT2D eigenvalue weighted by Gasteiger charge is 2.32. The maximum atomic E-state index is 12.7. The summed E-state index contributed by atoms with van der Waals surface area (Å²) in [7, 11) is 0. The van der Waals surface area contributed by atoms with Gasteiger partial charge in [0.1, 0.15) is 0 Å². The monoisotopic (exact) mass is 278 g/mol. The van der Waals surface area contributed by atoms with Crippen molar-refractivity contribution in [2.75, 3.05) is 0 Å². The van der Waals surface area contributed by atoms with Gasteiger partial charge in [-0.1, -0.05) is 35.9 Å². The molecule has 1 heterocycles. The molecule has 0 fully saturated rings. The fraction of sp³-hybridized carbons (Fsp3) is 0.0588. The van der Waals surface area contributed by atoms with Gasteiger partial charge in [0.25, 0.3) is 0 Å². The molecule has 0 spiro atoms. The zero-order chi connectivity index (χ0) is 13.9. The first-order valence-corrected chi connectivity index (χ1v) is 7.20. The van der Waals surface area contributed by atoms with Crippen LogP contribution in [0.25, 0.3) is 10.1 Å². The van der Waals surface area contributed by atoms with Crippen LogP contribution >= 0.6 is 11.3 Å². The van der Waals surface area contributed by atoms with Crippen molar-refractivity contribution in [3.63, 3.8) is 0 Å². The molecule has 1 aliphatic rings. The molecular formula is C17H10O2S. The Labute approximate surface area is 119 Å². The molecule has 0 amide bonds. The number of thiophene rings is 1. The van der Waals surface area contributed by atoms with Gasteiger partial charge >= 0.3 is 0 Å². The highest BCUT2D eigenvalue weighted by Crippen LogP contribution is 2.38. The van der Waals surface area contributed by atoms with Gasteiger partial charge in [0.2, 0.25) is 5.78 Å². The molecule has 20 heavy (non-hydrogen) atoms. The maximum Gasteiger partial charge on any atom is 0.204 e. The quantitative estimate of drug-likeness (QED) is 0.487. The van der Waals surface area contributed by atoms with E-state index in [1.807, 2.05) is 25.1 Å². The maximum absolute atomic E-state index is 12.7. The zero-order valence-corrected chi connectivity index (χ0v) is 11.6. The van der Waals surface area contributed by atoms with Crippen molar-refractivity contribution in [2.45, 2.75) is 6.92 Å². The average Bonchev–Trinajstić information content (AvgIpc) is 2.84. The molecule has 0 bridgehead atoms. The van der Waals surface area contributed by atoms with E-state index in [0.29, 0.717) is 21.6 Å². The van der Waals surface area contributed by atoms with Crippen molar-refractivity contribution in [2.24, 2.45) is 0 Å². The highest BCUT2D eigenvalue weighted by molar-refractivity contribution is 7.21. The summed E-state index contributed by atoms with van der Waals surface area (Å²) in [6.07, 6.45) is 0. The third kappa shape index (κ3) is 1.38. The number of rotatable bonds is 0. The van der Waals surface area contributed by atoms with Crippen LogP contribution in [-0.4, -0.2) is 11.6 Å². The van der Waals surface area contributed by atoms with Crippen molar-refractivity contribution in [1.29, 1.82) is 0 Å². The third-order valence-corrected chi connectivity index (χ3v) is 4.86. The van der Waals surface area contributed by atoms with E-state index in [9.17, 15) is 9.59 Å². The Morgan fingerprint density at radius 1 is 0.900 bits per heavy atom. The van der Waals surface area contributed by atoms with E-state index in [-0.39, 0.29) is 11.6 Å². The number of carbonyl (C=O) groups excluding carboxylic acids is 2. The number of benzene rings is 2. The van der Waals surface area contributed by atoms with Crippen molar-refractivity contribution in [1.82, 2.24) is 0 Å². The van der Waals surface area contributed by atoms with Crippen molar-refractivity contribution < 1.29 is 9.59 Å². The van der Waals surface area contributed by atoms with Crippen LogP contribution in [0.5, 0.6) is 0 Å². The number of carbonyl (C=O) groups is 2. The molecule has 0 unspecified atom stereocenters. The standard InChI is InChI=1S/C17H10O2S/c1-9-6-7-13-12(8-9)14-15(18)10-4-2-3-5-11(10)16(19)17(14)20-13/h2-8H,1H3. The van der Waals surface area contributed by atoms with Crippen LogP contribution in [-0.2, 0) is 0 Å². The highest BCUT2D eigenvalue weighted by atomic mass is 32.1. The normalized spacial score (nSPS) is 13.4. The zero-order valence-electron chi connectivity index (χ0n) is 10.8. The molecule has 1 aliphatic carbocycles. The number of hydrogen-bond acceptors (Lipinski definition) is 3. The summed E-state index contributed by atoms with van der Waals surface area (Å²) >= 11 is 1.41. The summed E-state index contributed by atoms with van der Waals surface area (Å²) in [6.45, 7) is 1.99. The van der Waals surface area contributed by atoms with Gasteiger partial charge in [0.15, 0.2) is 5.78 Å². The molecule has 2 aromatic carbocycles.